The maximum absolute atomic E-state index is 12.3. The minimum atomic E-state index is -0.532. The van der Waals surface area contributed by atoms with Crippen molar-refractivity contribution in [2.24, 2.45) is 0 Å². The van der Waals surface area contributed by atoms with Crippen molar-refractivity contribution in [3.8, 4) is 0 Å². The molecule has 2 amide bonds. The number of nitrogens with one attached hydrogen (secondary N) is 2. The fraction of sp³-hybridized carbons (Fsp3) is 0.500. The van der Waals surface area contributed by atoms with Crippen LogP contribution >= 0.6 is 0 Å². The number of carbonyl (C=O) groups is 2. The number of rotatable bonds is 2. The first kappa shape index (κ1) is 14.3. The van der Waals surface area contributed by atoms with Crippen LogP contribution in [0.1, 0.15) is 40.9 Å². The van der Waals surface area contributed by atoms with E-state index in [2.05, 4.69) is 10.6 Å². The summed E-state index contributed by atoms with van der Waals surface area (Å²) >= 11 is 0. The normalized spacial score (nSPS) is 19.1. The minimum Gasteiger partial charge on any atom is -0.427 e. The van der Waals surface area contributed by atoms with E-state index in [1.807, 2.05) is 0 Å². The van der Waals surface area contributed by atoms with Crippen molar-refractivity contribution in [3.05, 3.63) is 33.4 Å². The molecular weight excluding hydrogens is 260 g/mol. The Balaban J connectivity index is 2.20. The molecule has 0 bridgehead atoms. The zero-order valence-corrected chi connectivity index (χ0v) is 11.6. The number of carbonyl (C=O) groups excluding carboxylic acids is 2. The van der Waals surface area contributed by atoms with Gasteiger partial charge in [0, 0.05) is 12.6 Å². The third kappa shape index (κ3) is 3.07. The van der Waals surface area contributed by atoms with Crippen molar-refractivity contribution < 1.29 is 14.0 Å². The van der Waals surface area contributed by atoms with Gasteiger partial charge in [0.1, 0.15) is 11.8 Å². The summed E-state index contributed by atoms with van der Waals surface area (Å²) < 4.78 is 4.93. The second kappa shape index (κ2) is 5.90. The van der Waals surface area contributed by atoms with E-state index < -0.39 is 11.7 Å². The lowest BCUT2D eigenvalue weighted by Gasteiger charge is -2.16. The lowest BCUT2D eigenvalue weighted by molar-refractivity contribution is -0.122. The van der Waals surface area contributed by atoms with Gasteiger partial charge in [0.15, 0.2) is 0 Å². The first-order valence-corrected chi connectivity index (χ1v) is 6.69. The molecular formula is C14H18N2O4. The SMILES string of the molecule is Cc1cc(=O)oc(C)c1C(=O)N[C@@H]1CCCCNC1=O. The van der Waals surface area contributed by atoms with Gasteiger partial charge in [-0.3, -0.25) is 9.59 Å². The summed E-state index contributed by atoms with van der Waals surface area (Å²) in [5.74, 6) is -0.282. The predicted octanol–water partition coefficient (Wildman–Crippen LogP) is 0.655. The van der Waals surface area contributed by atoms with E-state index in [-0.39, 0.29) is 17.6 Å². The molecule has 1 atom stereocenters. The first-order chi connectivity index (χ1) is 9.49. The molecule has 1 aliphatic heterocycles. The average molecular weight is 278 g/mol. The Morgan fingerprint density at radius 3 is 2.80 bits per heavy atom. The Labute approximate surface area is 116 Å². The Morgan fingerprint density at radius 2 is 2.10 bits per heavy atom. The molecule has 1 aromatic heterocycles. The van der Waals surface area contributed by atoms with Crippen LogP contribution in [0.15, 0.2) is 15.3 Å². The van der Waals surface area contributed by atoms with Crippen molar-refractivity contribution in [3.63, 3.8) is 0 Å². The second-order valence-electron chi connectivity index (χ2n) is 4.99. The molecule has 0 spiro atoms. The summed E-state index contributed by atoms with van der Waals surface area (Å²) in [7, 11) is 0. The molecule has 0 saturated carbocycles. The zero-order valence-electron chi connectivity index (χ0n) is 11.6. The van der Waals surface area contributed by atoms with E-state index in [1.165, 1.54) is 6.07 Å². The van der Waals surface area contributed by atoms with Crippen molar-refractivity contribution in [2.75, 3.05) is 6.54 Å². The van der Waals surface area contributed by atoms with Gasteiger partial charge in [-0.1, -0.05) is 0 Å². The monoisotopic (exact) mass is 278 g/mol. The van der Waals surface area contributed by atoms with Gasteiger partial charge in [0.2, 0.25) is 5.91 Å². The van der Waals surface area contributed by atoms with Gasteiger partial charge >= 0.3 is 5.63 Å². The minimum absolute atomic E-state index is 0.163. The van der Waals surface area contributed by atoms with Crippen molar-refractivity contribution in [2.45, 2.75) is 39.2 Å². The van der Waals surface area contributed by atoms with Crippen molar-refractivity contribution in [1.29, 1.82) is 0 Å². The fourth-order valence-corrected chi connectivity index (χ4v) is 2.40. The summed E-state index contributed by atoms with van der Waals surface area (Å²) in [6.45, 7) is 3.88. The molecule has 1 saturated heterocycles. The second-order valence-corrected chi connectivity index (χ2v) is 4.99. The number of hydrogen-bond acceptors (Lipinski definition) is 4. The molecule has 1 aromatic rings. The standard InChI is InChI=1S/C14H18N2O4/c1-8-7-11(17)20-9(2)12(8)14(19)16-10-5-3-4-6-15-13(10)18/h7,10H,3-6H2,1-2H3,(H,15,18)(H,16,19)/t10-/m1/s1. The predicted molar refractivity (Wildman–Crippen MR) is 72.6 cm³/mol. The molecule has 20 heavy (non-hydrogen) atoms. The smallest absolute Gasteiger partial charge is 0.336 e. The van der Waals surface area contributed by atoms with Gasteiger partial charge in [-0.2, -0.15) is 0 Å². The van der Waals surface area contributed by atoms with E-state index in [1.54, 1.807) is 13.8 Å². The van der Waals surface area contributed by atoms with Crippen LogP contribution in [0.5, 0.6) is 0 Å². The average Bonchev–Trinajstić information content (AvgIpc) is 2.53. The maximum Gasteiger partial charge on any atom is 0.336 e. The summed E-state index contributed by atoms with van der Waals surface area (Å²) in [4.78, 5) is 35.3. The molecule has 0 aliphatic carbocycles. The largest absolute Gasteiger partial charge is 0.427 e. The molecule has 108 valence electrons. The van der Waals surface area contributed by atoms with Crippen LogP contribution in [0, 0.1) is 13.8 Å². The summed E-state index contributed by atoms with van der Waals surface area (Å²) in [5.41, 5.74) is 0.385. The topological polar surface area (TPSA) is 88.4 Å². The van der Waals surface area contributed by atoms with E-state index in [0.717, 1.165) is 12.8 Å². The Bertz CT molecular complexity index is 565. The van der Waals surface area contributed by atoms with Gasteiger partial charge in [0.25, 0.3) is 5.91 Å². The molecule has 2 rings (SSSR count). The molecule has 0 unspecified atom stereocenters. The molecule has 1 aliphatic rings. The Hall–Kier alpha value is -2.11. The fourth-order valence-electron chi connectivity index (χ4n) is 2.40. The third-order valence-electron chi connectivity index (χ3n) is 3.40. The van der Waals surface area contributed by atoms with E-state index in [0.29, 0.717) is 24.1 Å². The highest BCUT2D eigenvalue weighted by molar-refractivity contribution is 5.99. The third-order valence-corrected chi connectivity index (χ3v) is 3.40. The van der Waals surface area contributed by atoms with Crippen LogP contribution in [-0.4, -0.2) is 24.4 Å². The van der Waals surface area contributed by atoms with Crippen LogP contribution in [0.4, 0.5) is 0 Å². The first-order valence-electron chi connectivity index (χ1n) is 6.69. The van der Waals surface area contributed by atoms with Gasteiger partial charge in [-0.15, -0.1) is 0 Å². The van der Waals surface area contributed by atoms with Crippen LogP contribution in [-0.2, 0) is 4.79 Å². The van der Waals surface area contributed by atoms with Crippen LogP contribution in [0.2, 0.25) is 0 Å². The number of amides is 2. The molecule has 1 fully saturated rings. The summed E-state index contributed by atoms with van der Waals surface area (Å²) in [5, 5.41) is 5.48. The van der Waals surface area contributed by atoms with Crippen LogP contribution < -0.4 is 16.3 Å². The van der Waals surface area contributed by atoms with E-state index in [9.17, 15) is 14.4 Å². The summed E-state index contributed by atoms with van der Waals surface area (Å²) in [6.07, 6.45) is 2.41. The number of hydrogen-bond donors (Lipinski definition) is 2. The zero-order chi connectivity index (χ0) is 14.7. The quantitative estimate of drug-likeness (QED) is 0.831. The lowest BCUT2D eigenvalue weighted by atomic mass is 10.1. The molecule has 0 aromatic carbocycles. The van der Waals surface area contributed by atoms with Crippen LogP contribution in [0.3, 0.4) is 0 Å². The molecule has 2 N–H and O–H groups in total. The highest BCUT2D eigenvalue weighted by atomic mass is 16.4. The van der Waals surface area contributed by atoms with Gasteiger partial charge in [-0.25, -0.2) is 4.79 Å². The van der Waals surface area contributed by atoms with E-state index >= 15 is 0 Å². The Kier molecular flexibility index (Phi) is 4.22. The maximum atomic E-state index is 12.3. The molecule has 6 heteroatoms. The van der Waals surface area contributed by atoms with Crippen LogP contribution in [0.25, 0.3) is 0 Å². The van der Waals surface area contributed by atoms with Crippen molar-refractivity contribution >= 4 is 11.8 Å². The summed E-state index contributed by atoms with van der Waals surface area (Å²) in [6, 6.07) is 0.741. The van der Waals surface area contributed by atoms with Gasteiger partial charge in [0.05, 0.1) is 5.56 Å². The van der Waals surface area contributed by atoms with Gasteiger partial charge < -0.3 is 15.1 Å². The lowest BCUT2D eigenvalue weighted by Crippen LogP contribution is -2.45. The molecule has 0 radical (unpaired) electrons. The highest BCUT2D eigenvalue weighted by Crippen LogP contribution is 2.12. The molecule has 6 nitrogen and oxygen atoms in total. The number of aryl methyl sites for hydroxylation is 2. The van der Waals surface area contributed by atoms with E-state index in [4.69, 9.17) is 4.42 Å². The Morgan fingerprint density at radius 1 is 1.35 bits per heavy atom. The highest BCUT2D eigenvalue weighted by Gasteiger charge is 2.24. The molecule has 2 heterocycles. The van der Waals surface area contributed by atoms with Gasteiger partial charge in [-0.05, 0) is 38.7 Å². The van der Waals surface area contributed by atoms with Crippen molar-refractivity contribution in [1.82, 2.24) is 10.6 Å².